The molecule has 0 bridgehead atoms. The lowest BCUT2D eigenvalue weighted by molar-refractivity contribution is 0.323. The van der Waals surface area contributed by atoms with E-state index in [0.29, 0.717) is 23.3 Å². The number of benzene rings is 1. The van der Waals surface area contributed by atoms with Gasteiger partial charge in [-0.2, -0.15) is 0 Å². The van der Waals surface area contributed by atoms with Gasteiger partial charge in [-0.1, -0.05) is 6.92 Å². The van der Waals surface area contributed by atoms with Gasteiger partial charge in [0.15, 0.2) is 11.5 Å². The highest BCUT2D eigenvalue weighted by Gasteiger charge is 2.33. The summed E-state index contributed by atoms with van der Waals surface area (Å²) in [4.78, 5) is 0. The summed E-state index contributed by atoms with van der Waals surface area (Å²) in [6.07, 6.45) is 1.26. The van der Waals surface area contributed by atoms with Crippen molar-refractivity contribution in [1.29, 1.82) is 0 Å². The summed E-state index contributed by atoms with van der Waals surface area (Å²) < 4.78 is 16.1. The Morgan fingerprint density at radius 3 is 2.00 bits per heavy atom. The van der Waals surface area contributed by atoms with Crippen LogP contribution in [0, 0.1) is 5.92 Å². The first-order valence-corrected chi connectivity index (χ1v) is 6.66. The van der Waals surface area contributed by atoms with E-state index in [4.69, 9.17) is 14.2 Å². The van der Waals surface area contributed by atoms with Crippen molar-refractivity contribution in [2.24, 2.45) is 5.92 Å². The van der Waals surface area contributed by atoms with E-state index in [0.717, 1.165) is 11.5 Å². The number of rotatable bonds is 6. The van der Waals surface area contributed by atoms with Crippen LogP contribution in [0.15, 0.2) is 12.1 Å². The fourth-order valence-corrected chi connectivity index (χ4v) is 2.32. The van der Waals surface area contributed by atoms with Crippen LogP contribution in [0.5, 0.6) is 17.2 Å². The lowest BCUT2D eigenvalue weighted by Gasteiger charge is -2.18. The number of nitrogens with one attached hydrogen (secondary N) is 1. The van der Waals surface area contributed by atoms with Gasteiger partial charge < -0.3 is 19.5 Å². The van der Waals surface area contributed by atoms with Gasteiger partial charge in [-0.15, -0.1) is 0 Å². The zero-order valence-electron chi connectivity index (χ0n) is 12.3. The second-order valence-electron chi connectivity index (χ2n) is 5.17. The minimum Gasteiger partial charge on any atom is -0.493 e. The van der Waals surface area contributed by atoms with Crippen molar-refractivity contribution in [3.05, 3.63) is 17.7 Å². The molecular formula is C15H23NO3. The molecule has 1 aliphatic carbocycles. The third-order valence-electron chi connectivity index (χ3n) is 3.76. The maximum atomic E-state index is 5.38. The maximum absolute atomic E-state index is 5.38. The highest BCUT2D eigenvalue weighted by molar-refractivity contribution is 5.54. The summed E-state index contributed by atoms with van der Waals surface area (Å²) in [6, 6.07) is 4.91. The fourth-order valence-electron chi connectivity index (χ4n) is 2.32. The molecular weight excluding hydrogens is 242 g/mol. The minimum absolute atomic E-state index is 0.267. The molecule has 19 heavy (non-hydrogen) atoms. The lowest BCUT2D eigenvalue weighted by Crippen LogP contribution is -2.22. The molecule has 1 aromatic rings. The van der Waals surface area contributed by atoms with Crippen LogP contribution in [-0.2, 0) is 0 Å². The first kappa shape index (κ1) is 14.0. The van der Waals surface area contributed by atoms with Crippen LogP contribution in [-0.4, -0.2) is 27.4 Å². The topological polar surface area (TPSA) is 39.7 Å². The highest BCUT2D eigenvalue weighted by Crippen LogP contribution is 2.40. The van der Waals surface area contributed by atoms with Crippen LogP contribution in [0.25, 0.3) is 0 Å². The standard InChI is InChI=1S/C15H23NO3/c1-9-6-12(9)16-10(2)11-7-13(17-3)15(19-5)14(8-11)18-4/h7-10,12,16H,6H2,1-5H3. The van der Waals surface area contributed by atoms with Gasteiger partial charge in [0.25, 0.3) is 0 Å². The maximum Gasteiger partial charge on any atom is 0.203 e. The van der Waals surface area contributed by atoms with Crippen molar-refractivity contribution >= 4 is 0 Å². The molecule has 0 heterocycles. The summed E-state index contributed by atoms with van der Waals surface area (Å²) in [5.74, 6) is 2.83. The molecule has 4 nitrogen and oxygen atoms in total. The number of ether oxygens (including phenoxy) is 3. The zero-order valence-corrected chi connectivity index (χ0v) is 12.3. The van der Waals surface area contributed by atoms with Crippen molar-refractivity contribution in [2.75, 3.05) is 21.3 Å². The van der Waals surface area contributed by atoms with E-state index < -0.39 is 0 Å². The van der Waals surface area contributed by atoms with E-state index in [1.807, 2.05) is 12.1 Å². The van der Waals surface area contributed by atoms with Crippen LogP contribution >= 0.6 is 0 Å². The fraction of sp³-hybridized carbons (Fsp3) is 0.600. The van der Waals surface area contributed by atoms with E-state index in [1.54, 1.807) is 21.3 Å². The van der Waals surface area contributed by atoms with Crippen LogP contribution in [0.2, 0.25) is 0 Å². The predicted octanol–water partition coefficient (Wildman–Crippen LogP) is 2.77. The van der Waals surface area contributed by atoms with Crippen LogP contribution in [0.3, 0.4) is 0 Å². The van der Waals surface area contributed by atoms with Crippen LogP contribution in [0.1, 0.15) is 31.9 Å². The normalized spacial score (nSPS) is 22.8. The summed E-state index contributed by atoms with van der Waals surface area (Å²) in [5.41, 5.74) is 1.15. The molecule has 0 radical (unpaired) electrons. The molecule has 2 rings (SSSR count). The second-order valence-corrected chi connectivity index (χ2v) is 5.17. The molecule has 3 unspecified atom stereocenters. The van der Waals surface area contributed by atoms with E-state index in [9.17, 15) is 0 Å². The number of hydrogen-bond donors (Lipinski definition) is 1. The average molecular weight is 265 g/mol. The third-order valence-corrected chi connectivity index (χ3v) is 3.76. The molecule has 106 valence electrons. The summed E-state index contributed by atoms with van der Waals surface area (Å²) in [6.45, 7) is 4.42. The Hall–Kier alpha value is -1.42. The number of hydrogen-bond acceptors (Lipinski definition) is 4. The van der Waals surface area contributed by atoms with E-state index in [2.05, 4.69) is 19.2 Å². The van der Waals surface area contributed by atoms with E-state index >= 15 is 0 Å². The molecule has 0 spiro atoms. The molecule has 0 saturated heterocycles. The predicted molar refractivity (Wildman–Crippen MR) is 75.2 cm³/mol. The quantitative estimate of drug-likeness (QED) is 0.858. The van der Waals surface area contributed by atoms with Gasteiger partial charge >= 0.3 is 0 Å². The smallest absolute Gasteiger partial charge is 0.203 e. The molecule has 4 heteroatoms. The van der Waals surface area contributed by atoms with Crippen molar-refractivity contribution in [3.8, 4) is 17.2 Å². The molecule has 0 aromatic heterocycles. The Balaban J connectivity index is 2.24. The summed E-state index contributed by atoms with van der Waals surface area (Å²) in [7, 11) is 4.90. The molecule has 0 amide bonds. The molecule has 1 aliphatic rings. The first-order chi connectivity index (χ1) is 9.10. The van der Waals surface area contributed by atoms with Gasteiger partial charge in [-0.3, -0.25) is 0 Å². The van der Waals surface area contributed by atoms with Gasteiger partial charge in [0, 0.05) is 12.1 Å². The molecule has 0 aliphatic heterocycles. The van der Waals surface area contributed by atoms with E-state index in [-0.39, 0.29) is 6.04 Å². The highest BCUT2D eigenvalue weighted by atomic mass is 16.5. The lowest BCUT2D eigenvalue weighted by atomic mass is 10.1. The second kappa shape index (κ2) is 5.70. The Morgan fingerprint density at radius 1 is 1.11 bits per heavy atom. The average Bonchev–Trinajstić information content (AvgIpc) is 3.12. The summed E-state index contributed by atoms with van der Waals surface area (Å²) >= 11 is 0. The van der Waals surface area contributed by atoms with Crippen molar-refractivity contribution in [1.82, 2.24) is 5.32 Å². The monoisotopic (exact) mass is 265 g/mol. The Kier molecular flexibility index (Phi) is 4.20. The molecule has 1 aromatic carbocycles. The molecule has 1 fully saturated rings. The van der Waals surface area contributed by atoms with Gasteiger partial charge in [-0.05, 0) is 37.0 Å². The Morgan fingerprint density at radius 2 is 1.63 bits per heavy atom. The molecule has 1 saturated carbocycles. The van der Waals surface area contributed by atoms with Crippen molar-refractivity contribution in [2.45, 2.75) is 32.4 Å². The Bertz CT molecular complexity index is 422. The largest absolute Gasteiger partial charge is 0.493 e. The van der Waals surface area contributed by atoms with E-state index in [1.165, 1.54) is 6.42 Å². The summed E-state index contributed by atoms with van der Waals surface area (Å²) in [5, 5.41) is 3.61. The molecule has 1 N–H and O–H groups in total. The van der Waals surface area contributed by atoms with Gasteiger partial charge in [0.1, 0.15) is 0 Å². The van der Waals surface area contributed by atoms with Crippen LogP contribution in [0.4, 0.5) is 0 Å². The van der Waals surface area contributed by atoms with Gasteiger partial charge in [-0.25, -0.2) is 0 Å². The third kappa shape index (κ3) is 2.95. The van der Waals surface area contributed by atoms with Crippen molar-refractivity contribution in [3.63, 3.8) is 0 Å². The first-order valence-electron chi connectivity index (χ1n) is 6.66. The Labute approximate surface area is 115 Å². The van der Waals surface area contributed by atoms with Gasteiger partial charge in [0.2, 0.25) is 5.75 Å². The molecule has 3 atom stereocenters. The minimum atomic E-state index is 0.267. The van der Waals surface area contributed by atoms with Crippen LogP contribution < -0.4 is 19.5 Å². The zero-order chi connectivity index (χ0) is 14.0. The SMILES string of the molecule is COc1cc(C(C)NC2CC2C)cc(OC)c1OC. The van der Waals surface area contributed by atoms with Gasteiger partial charge in [0.05, 0.1) is 21.3 Å². The number of methoxy groups -OCH3 is 3. The van der Waals surface area contributed by atoms with Crippen molar-refractivity contribution < 1.29 is 14.2 Å².